The summed E-state index contributed by atoms with van der Waals surface area (Å²) in [4.78, 5) is 33.2. The predicted molar refractivity (Wildman–Crippen MR) is 119 cm³/mol. The van der Waals surface area contributed by atoms with Crippen LogP contribution in [-0.4, -0.2) is 25.5 Å². The number of nitro groups is 2. The van der Waals surface area contributed by atoms with Gasteiger partial charge in [-0.2, -0.15) is 4.68 Å². The molecular weight excluding hydrogens is 510 g/mol. The molecule has 0 bridgehead atoms. The van der Waals surface area contributed by atoms with Crippen molar-refractivity contribution in [3.63, 3.8) is 0 Å². The van der Waals surface area contributed by atoms with Crippen LogP contribution in [0.5, 0.6) is 11.5 Å². The largest absolute Gasteiger partial charge is 0.457 e. The molecule has 0 saturated carbocycles. The number of carbonyl (C=O) groups is 1. The SMILES string of the molecule is Cc1cc(Cl)ccc1Oc1cc(NC(=O)CCn2cc(Br)c([N+](=O)[O-])n2)cc([N+](=O)[O-])c1. The molecule has 13 heteroatoms. The Kier molecular flexibility index (Phi) is 7.05. The van der Waals surface area contributed by atoms with Crippen molar-refractivity contribution in [2.75, 3.05) is 5.32 Å². The number of benzene rings is 2. The summed E-state index contributed by atoms with van der Waals surface area (Å²) in [5.74, 6) is -0.207. The third-order valence-electron chi connectivity index (χ3n) is 4.19. The van der Waals surface area contributed by atoms with Gasteiger partial charge in [-0.25, -0.2) is 0 Å². The molecule has 0 aliphatic carbocycles. The minimum absolute atomic E-state index is 0.0690. The maximum absolute atomic E-state index is 12.3. The van der Waals surface area contributed by atoms with E-state index in [0.717, 1.165) is 5.56 Å². The Balaban J connectivity index is 1.73. The van der Waals surface area contributed by atoms with Gasteiger partial charge in [0, 0.05) is 23.6 Å². The number of carbonyl (C=O) groups excluding carboxylic acids is 1. The van der Waals surface area contributed by atoms with E-state index in [2.05, 4.69) is 26.3 Å². The highest BCUT2D eigenvalue weighted by molar-refractivity contribution is 9.10. The zero-order valence-corrected chi connectivity index (χ0v) is 18.8. The lowest BCUT2D eigenvalue weighted by Crippen LogP contribution is -2.15. The second-order valence-electron chi connectivity index (χ2n) is 6.60. The number of ether oxygens (including phenoxy) is 1. The molecule has 0 atom stereocenters. The monoisotopic (exact) mass is 523 g/mol. The van der Waals surface area contributed by atoms with Crippen LogP contribution < -0.4 is 10.1 Å². The Labute approximate surface area is 194 Å². The highest BCUT2D eigenvalue weighted by Gasteiger charge is 2.19. The van der Waals surface area contributed by atoms with Gasteiger partial charge in [-0.05, 0) is 51.5 Å². The van der Waals surface area contributed by atoms with Crippen LogP contribution in [0.4, 0.5) is 17.2 Å². The fourth-order valence-electron chi connectivity index (χ4n) is 2.74. The molecule has 166 valence electrons. The minimum Gasteiger partial charge on any atom is -0.457 e. The first-order chi connectivity index (χ1) is 15.1. The van der Waals surface area contributed by atoms with Gasteiger partial charge in [-0.15, -0.1) is 0 Å². The number of amides is 1. The zero-order chi connectivity index (χ0) is 23.4. The van der Waals surface area contributed by atoms with Gasteiger partial charge in [-0.1, -0.05) is 11.6 Å². The molecule has 32 heavy (non-hydrogen) atoms. The summed E-state index contributed by atoms with van der Waals surface area (Å²) in [7, 11) is 0. The number of hydrogen-bond acceptors (Lipinski definition) is 7. The molecule has 1 heterocycles. The topological polar surface area (TPSA) is 142 Å². The normalized spacial score (nSPS) is 10.6. The van der Waals surface area contributed by atoms with Crippen LogP contribution in [0.2, 0.25) is 5.02 Å². The second-order valence-corrected chi connectivity index (χ2v) is 7.89. The van der Waals surface area contributed by atoms with E-state index in [0.29, 0.717) is 10.8 Å². The summed E-state index contributed by atoms with van der Waals surface area (Å²) in [6.07, 6.45) is 1.32. The van der Waals surface area contributed by atoms with Crippen LogP contribution in [0.1, 0.15) is 12.0 Å². The average Bonchev–Trinajstić information content (AvgIpc) is 3.09. The minimum atomic E-state index is -0.645. The molecule has 1 N–H and O–H groups in total. The number of nitro benzene ring substituents is 1. The van der Waals surface area contributed by atoms with Gasteiger partial charge in [0.2, 0.25) is 5.91 Å². The van der Waals surface area contributed by atoms with Gasteiger partial charge in [0.05, 0.1) is 34.5 Å². The fourth-order valence-corrected chi connectivity index (χ4v) is 3.43. The van der Waals surface area contributed by atoms with Crippen LogP contribution in [-0.2, 0) is 11.3 Å². The van der Waals surface area contributed by atoms with E-state index < -0.39 is 15.8 Å². The molecule has 0 unspecified atom stereocenters. The molecule has 0 radical (unpaired) electrons. The Morgan fingerprint density at radius 3 is 2.59 bits per heavy atom. The molecule has 0 aliphatic heterocycles. The van der Waals surface area contributed by atoms with Gasteiger partial charge < -0.3 is 20.2 Å². The molecule has 3 aromatic rings. The summed E-state index contributed by atoms with van der Waals surface area (Å²) in [5, 5.41) is 29.0. The van der Waals surface area contributed by atoms with Crippen LogP contribution in [0.15, 0.2) is 47.1 Å². The van der Waals surface area contributed by atoms with Crippen LogP contribution in [0, 0.1) is 27.2 Å². The maximum Gasteiger partial charge on any atom is 0.404 e. The van der Waals surface area contributed by atoms with Crippen LogP contribution >= 0.6 is 27.5 Å². The lowest BCUT2D eigenvalue weighted by molar-refractivity contribution is -0.390. The van der Waals surface area contributed by atoms with E-state index >= 15 is 0 Å². The van der Waals surface area contributed by atoms with Crippen molar-refractivity contribution in [2.45, 2.75) is 19.9 Å². The van der Waals surface area contributed by atoms with E-state index in [9.17, 15) is 25.0 Å². The number of aromatic nitrogens is 2. The first-order valence-corrected chi connectivity index (χ1v) is 10.2. The van der Waals surface area contributed by atoms with Gasteiger partial charge in [0.25, 0.3) is 5.69 Å². The standard InChI is InChI=1S/C19H15BrClN5O6/c1-11-6-12(21)2-3-17(11)32-15-8-13(7-14(9-15)25(28)29)22-18(27)4-5-24-10-16(20)19(23-24)26(30)31/h2-3,6-10H,4-5H2,1H3,(H,22,27). The summed E-state index contributed by atoms with van der Waals surface area (Å²) in [6.45, 7) is 1.85. The summed E-state index contributed by atoms with van der Waals surface area (Å²) < 4.78 is 7.20. The van der Waals surface area contributed by atoms with E-state index in [1.165, 1.54) is 29.1 Å². The molecule has 11 nitrogen and oxygen atoms in total. The van der Waals surface area contributed by atoms with Crippen molar-refractivity contribution in [1.29, 1.82) is 0 Å². The molecule has 3 rings (SSSR count). The van der Waals surface area contributed by atoms with E-state index in [4.69, 9.17) is 16.3 Å². The lowest BCUT2D eigenvalue weighted by Gasteiger charge is -2.11. The Hall–Kier alpha value is -3.51. The van der Waals surface area contributed by atoms with Crippen molar-refractivity contribution in [2.24, 2.45) is 0 Å². The molecule has 0 saturated heterocycles. The number of non-ortho nitro benzene ring substituents is 1. The molecule has 2 aromatic carbocycles. The lowest BCUT2D eigenvalue weighted by atomic mass is 10.2. The van der Waals surface area contributed by atoms with Crippen molar-refractivity contribution in [1.82, 2.24) is 9.78 Å². The van der Waals surface area contributed by atoms with Gasteiger partial charge in [-0.3, -0.25) is 14.9 Å². The number of halogens is 2. The maximum atomic E-state index is 12.3. The second kappa shape index (κ2) is 9.75. The van der Waals surface area contributed by atoms with E-state index in [1.54, 1.807) is 25.1 Å². The Morgan fingerprint density at radius 1 is 1.22 bits per heavy atom. The number of rotatable bonds is 8. The quantitative estimate of drug-likeness (QED) is 0.313. The first kappa shape index (κ1) is 23.2. The first-order valence-electron chi connectivity index (χ1n) is 9.03. The number of nitrogens with one attached hydrogen (secondary N) is 1. The summed E-state index contributed by atoms with van der Waals surface area (Å²) in [5.41, 5.74) is 0.628. The molecular formula is C19H15BrClN5O6. The van der Waals surface area contributed by atoms with Crippen molar-refractivity contribution >= 4 is 50.6 Å². The summed E-state index contributed by atoms with van der Waals surface area (Å²) in [6, 6.07) is 8.85. The Morgan fingerprint density at radius 2 is 1.97 bits per heavy atom. The zero-order valence-electron chi connectivity index (χ0n) is 16.4. The fraction of sp³-hybridized carbons (Fsp3) is 0.158. The van der Waals surface area contributed by atoms with Crippen LogP contribution in [0.3, 0.4) is 0 Å². The third-order valence-corrected chi connectivity index (χ3v) is 4.99. The van der Waals surface area contributed by atoms with Gasteiger partial charge in [0.15, 0.2) is 0 Å². The van der Waals surface area contributed by atoms with Crippen molar-refractivity contribution in [3.8, 4) is 11.5 Å². The van der Waals surface area contributed by atoms with E-state index in [-0.39, 0.29) is 40.4 Å². The molecule has 0 fully saturated rings. The number of nitrogens with zero attached hydrogens (tertiary/aromatic N) is 4. The molecule has 0 spiro atoms. The van der Waals surface area contributed by atoms with E-state index in [1.807, 2.05) is 0 Å². The van der Waals surface area contributed by atoms with Gasteiger partial charge >= 0.3 is 5.82 Å². The Bertz CT molecular complexity index is 1210. The number of hydrogen-bond donors (Lipinski definition) is 1. The van der Waals surface area contributed by atoms with Crippen molar-refractivity contribution < 1.29 is 19.4 Å². The molecule has 0 aliphatic rings. The molecule has 1 amide bonds. The van der Waals surface area contributed by atoms with Crippen molar-refractivity contribution in [3.05, 3.63) is 77.9 Å². The smallest absolute Gasteiger partial charge is 0.404 e. The molecule has 1 aromatic heterocycles. The predicted octanol–water partition coefficient (Wildman–Crippen LogP) is 5.24. The highest BCUT2D eigenvalue weighted by Crippen LogP contribution is 2.32. The third kappa shape index (κ3) is 5.80. The summed E-state index contributed by atoms with van der Waals surface area (Å²) >= 11 is 8.97. The highest BCUT2D eigenvalue weighted by atomic mass is 79.9. The van der Waals surface area contributed by atoms with Gasteiger partial charge in [0.1, 0.15) is 16.0 Å². The average molecular weight is 525 g/mol. The van der Waals surface area contributed by atoms with Crippen LogP contribution in [0.25, 0.3) is 0 Å². The number of anilines is 1. The number of aryl methyl sites for hydroxylation is 2.